The van der Waals surface area contributed by atoms with Crippen molar-refractivity contribution >= 4 is 15.7 Å². The van der Waals surface area contributed by atoms with Gasteiger partial charge in [-0.25, -0.2) is 8.42 Å². The molecule has 2 unspecified atom stereocenters. The minimum absolute atomic E-state index is 0.164. The molecule has 2 bridgehead atoms. The molecular weight excluding hydrogens is 360 g/mol. The maximum atomic E-state index is 12.7. The van der Waals surface area contributed by atoms with Crippen LogP contribution in [0.1, 0.15) is 44.6 Å². The Bertz CT molecular complexity index is 743. The van der Waals surface area contributed by atoms with Gasteiger partial charge in [-0.3, -0.25) is 0 Å². The minimum Gasteiger partial charge on any atom is -0.385 e. The Kier molecular flexibility index (Phi) is 6.74. The van der Waals surface area contributed by atoms with E-state index in [0.29, 0.717) is 11.3 Å². The van der Waals surface area contributed by atoms with Crippen molar-refractivity contribution in [2.45, 2.75) is 51.1 Å². The number of piperazine rings is 1. The van der Waals surface area contributed by atoms with Gasteiger partial charge in [0.1, 0.15) is 0 Å². The summed E-state index contributed by atoms with van der Waals surface area (Å²) in [6.07, 6.45) is 4.68. The molecular formula is C20H30N4O2S. The zero-order valence-corrected chi connectivity index (χ0v) is 16.9. The van der Waals surface area contributed by atoms with E-state index in [1.165, 1.54) is 0 Å². The second-order valence-electron chi connectivity index (χ2n) is 7.61. The Labute approximate surface area is 163 Å². The fourth-order valence-corrected chi connectivity index (χ4v) is 6.34. The van der Waals surface area contributed by atoms with E-state index in [2.05, 4.69) is 16.3 Å². The molecule has 2 fully saturated rings. The van der Waals surface area contributed by atoms with Crippen molar-refractivity contribution in [3.8, 4) is 6.07 Å². The largest absolute Gasteiger partial charge is 0.385 e. The number of nitriles is 1. The number of hydrogen-bond acceptors (Lipinski definition) is 5. The van der Waals surface area contributed by atoms with Crippen LogP contribution < -0.4 is 5.32 Å². The fourth-order valence-electron chi connectivity index (χ4n) is 4.22. The van der Waals surface area contributed by atoms with Crippen LogP contribution in [0.5, 0.6) is 0 Å². The minimum atomic E-state index is -3.10. The molecule has 1 aromatic carbocycles. The average Bonchev–Trinajstić information content (AvgIpc) is 2.96. The topological polar surface area (TPSA) is 76.4 Å². The van der Waals surface area contributed by atoms with Gasteiger partial charge in [0.2, 0.25) is 10.0 Å². The van der Waals surface area contributed by atoms with Crippen molar-refractivity contribution in [2.75, 3.05) is 37.2 Å². The van der Waals surface area contributed by atoms with Crippen molar-refractivity contribution in [2.24, 2.45) is 0 Å². The smallest absolute Gasteiger partial charge is 0.214 e. The monoisotopic (exact) mass is 390 g/mol. The normalized spacial score (nSPS) is 23.3. The van der Waals surface area contributed by atoms with Gasteiger partial charge in [0.15, 0.2) is 0 Å². The van der Waals surface area contributed by atoms with Crippen molar-refractivity contribution in [3.63, 3.8) is 0 Å². The summed E-state index contributed by atoms with van der Waals surface area (Å²) in [5.41, 5.74) is 1.70. The second kappa shape index (κ2) is 9.05. The summed E-state index contributed by atoms with van der Waals surface area (Å²) in [4.78, 5) is 2.43. The van der Waals surface area contributed by atoms with E-state index >= 15 is 0 Å². The Morgan fingerprint density at radius 1 is 1.15 bits per heavy atom. The van der Waals surface area contributed by atoms with Crippen LogP contribution >= 0.6 is 0 Å². The quantitative estimate of drug-likeness (QED) is 0.656. The SMILES string of the molecule is CCCCS(=O)(=O)N1C2CCC1CN(CCCNc1ccc(C#N)cc1)C2. The summed E-state index contributed by atoms with van der Waals surface area (Å²) >= 11 is 0. The van der Waals surface area contributed by atoms with Crippen LogP contribution in [0.25, 0.3) is 0 Å². The molecule has 2 heterocycles. The lowest BCUT2D eigenvalue weighted by atomic mass is 10.2. The molecule has 0 radical (unpaired) electrons. The molecule has 27 heavy (non-hydrogen) atoms. The third-order valence-electron chi connectivity index (χ3n) is 5.56. The molecule has 3 rings (SSSR count). The van der Waals surface area contributed by atoms with Crippen LogP contribution in [0.4, 0.5) is 5.69 Å². The molecule has 2 aliphatic rings. The maximum absolute atomic E-state index is 12.7. The average molecular weight is 391 g/mol. The van der Waals surface area contributed by atoms with Crippen LogP contribution in [-0.2, 0) is 10.0 Å². The zero-order chi connectivity index (χ0) is 19.3. The van der Waals surface area contributed by atoms with Crippen molar-refractivity contribution in [3.05, 3.63) is 29.8 Å². The van der Waals surface area contributed by atoms with Gasteiger partial charge in [-0.2, -0.15) is 9.57 Å². The van der Waals surface area contributed by atoms with Crippen LogP contribution in [0.3, 0.4) is 0 Å². The molecule has 0 amide bonds. The number of sulfonamides is 1. The Morgan fingerprint density at radius 2 is 1.81 bits per heavy atom. The summed E-state index contributed by atoms with van der Waals surface area (Å²) in [5.74, 6) is 0.297. The first-order chi connectivity index (χ1) is 13.0. The third kappa shape index (κ3) is 5.01. The zero-order valence-electron chi connectivity index (χ0n) is 16.1. The predicted octanol–water partition coefficient (Wildman–Crippen LogP) is 2.64. The van der Waals surface area contributed by atoms with E-state index in [-0.39, 0.29) is 12.1 Å². The van der Waals surface area contributed by atoms with Crippen LogP contribution in [0.2, 0.25) is 0 Å². The summed E-state index contributed by atoms with van der Waals surface area (Å²) in [6.45, 7) is 5.61. The van der Waals surface area contributed by atoms with Crippen molar-refractivity contribution in [1.82, 2.24) is 9.21 Å². The highest BCUT2D eigenvalue weighted by molar-refractivity contribution is 7.89. The number of nitrogens with one attached hydrogen (secondary N) is 1. The highest BCUT2D eigenvalue weighted by Crippen LogP contribution is 2.33. The number of benzene rings is 1. The molecule has 0 aliphatic carbocycles. The van der Waals surface area contributed by atoms with E-state index in [1.54, 1.807) is 0 Å². The van der Waals surface area contributed by atoms with E-state index in [4.69, 9.17) is 5.26 Å². The van der Waals surface area contributed by atoms with Gasteiger partial charge in [-0.1, -0.05) is 13.3 Å². The molecule has 0 saturated carbocycles. The molecule has 2 atom stereocenters. The Morgan fingerprint density at radius 3 is 2.41 bits per heavy atom. The standard InChI is InChI=1S/C20H30N4O2S/c1-2-3-13-27(25,26)24-19-9-10-20(24)16-23(15-19)12-4-11-22-18-7-5-17(14-21)6-8-18/h5-8,19-20,22H,2-4,9-13,15-16H2,1H3. The molecule has 6 nitrogen and oxygen atoms in total. The fraction of sp³-hybridized carbons (Fsp3) is 0.650. The van der Waals surface area contributed by atoms with E-state index in [1.807, 2.05) is 35.5 Å². The van der Waals surface area contributed by atoms with Crippen molar-refractivity contribution in [1.29, 1.82) is 5.26 Å². The highest BCUT2D eigenvalue weighted by atomic mass is 32.2. The summed E-state index contributed by atoms with van der Waals surface area (Å²) < 4.78 is 27.1. The Balaban J connectivity index is 1.44. The molecule has 2 saturated heterocycles. The lowest BCUT2D eigenvalue weighted by Gasteiger charge is -2.40. The van der Waals surface area contributed by atoms with Gasteiger partial charge in [-0.15, -0.1) is 0 Å². The lowest BCUT2D eigenvalue weighted by molar-refractivity contribution is 0.129. The van der Waals surface area contributed by atoms with Gasteiger partial charge in [0, 0.05) is 37.4 Å². The Hall–Kier alpha value is -1.62. The number of hydrogen-bond donors (Lipinski definition) is 1. The molecule has 1 N–H and O–H groups in total. The number of nitrogens with zero attached hydrogens (tertiary/aromatic N) is 3. The number of anilines is 1. The van der Waals surface area contributed by atoms with E-state index < -0.39 is 10.0 Å². The molecule has 2 aliphatic heterocycles. The van der Waals surface area contributed by atoms with Crippen LogP contribution in [0, 0.1) is 11.3 Å². The van der Waals surface area contributed by atoms with Gasteiger partial charge in [0.05, 0.1) is 17.4 Å². The number of fused-ring (bicyclic) bond motifs is 2. The summed E-state index contributed by atoms with van der Waals surface area (Å²) in [7, 11) is -3.10. The number of likely N-dealkylation sites (tertiary alicyclic amines) is 1. The third-order valence-corrected chi connectivity index (χ3v) is 7.61. The molecule has 7 heteroatoms. The first-order valence-electron chi connectivity index (χ1n) is 10.0. The molecule has 1 aromatic rings. The first kappa shape index (κ1) is 20.1. The predicted molar refractivity (Wildman–Crippen MR) is 108 cm³/mol. The molecule has 0 aromatic heterocycles. The lowest BCUT2D eigenvalue weighted by Crippen LogP contribution is -2.56. The summed E-state index contributed by atoms with van der Waals surface area (Å²) in [5, 5.41) is 12.2. The van der Waals surface area contributed by atoms with Crippen LogP contribution in [-0.4, -0.2) is 61.6 Å². The molecule has 148 valence electrons. The van der Waals surface area contributed by atoms with E-state index in [0.717, 1.165) is 64.0 Å². The van der Waals surface area contributed by atoms with Gasteiger partial charge >= 0.3 is 0 Å². The number of unbranched alkanes of at least 4 members (excludes halogenated alkanes) is 1. The van der Waals surface area contributed by atoms with Gasteiger partial charge < -0.3 is 10.2 Å². The van der Waals surface area contributed by atoms with E-state index in [9.17, 15) is 8.42 Å². The first-order valence-corrected chi connectivity index (χ1v) is 11.6. The highest BCUT2D eigenvalue weighted by Gasteiger charge is 2.45. The molecule has 0 spiro atoms. The van der Waals surface area contributed by atoms with Gasteiger partial charge in [0.25, 0.3) is 0 Å². The maximum Gasteiger partial charge on any atom is 0.214 e. The van der Waals surface area contributed by atoms with Crippen molar-refractivity contribution < 1.29 is 8.42 Å². The number of rotatable bonds is 9. The van der Waals surface area contributed by atoms with Crippen LogP contribution in [0.15, 0.2) is 24.3 Å². The summed E-state index contributed by atoms with van der Waals surface area (Å²) in [6, 6.07) is 9.94. The van der Waals surface area contributed by atoms with Gasteiger partial charge in [-0.05, 0) is 56.5 Å². The second-order valence-corrected chi connectivity index (χ2v) is 9.61.